The molecular formula is C10H19N3O2S. The fraction of sp³-hybridized carbons (Fsp3) is 0.800. The van der Waals surface area contributed by atoms with Crippen molar-refractivity contribution in [3.8, 4) is 0 Å². The third-order valence-electron chi connectivity index (χ3n) is 2.28. The molecule has 5 nitrogen and oxygen atoms in total. The van der Waals surface area contributed by atoms with Crippen LogP contribution in [-0.2, 0) is 9.59 Å². The van der Waals surface area contributed by atoms with Crippen LogP contribution in [0.25, 0.3) is 0 Å². The summed E-state index contributed by atoms with van der Waals surface area (Å²) in [6, 6.07) is -0.0780. The maximum atomic E-state index is 11.5. The molecule has 1 aliphatic heterocycles. The Labute approximate surface area is 100 Å². The minimum absolute atomic E-state index is 0.0106. The van der Waals surface area contributed by atoms with Crippen molar-refractivity contribution in [3.63, 3.8) is 0 Å². The van der Waals surface area contributed by atoms with Crippen LogP contribution in [0.2, 0.25) is 0 Å². The first-order chi connectivity index (χ1) is 7.61. The zero-order chi connectivity index (χ0) is 12.0. The summed E-state index contributed by atoms with van der Waals surface area (Å²) < 4.78 is 0. The van der Waals surface area contributed by atoms with Crippen molar-refractivity contribution in [2.45, 2.75) is 19.9 Å². The van der Waals surface area contributed by atoms with Crippen LogP contribution < -0.4 is 16.0 Å². The molecule has 3 N–H and O–H groups in total. The molecule has 0 radical (unpaired) electrons. The Bertz CT molecular complexity index is 252. The van der Waals surface area contributed by atoms with E-state index in [1.807, 2.05) is 13.8 Å². The van der Waals surface area contributed by atoms with E-state index in [-0.39, 0.29) is 23.8 Å². The summed E-state index contributed by atoms with van der Waals surface area (Å²) in [5, 5.41) is 8.63. The van der Waals surface area contributed by atoms with Crippen molar-refractivity contribution in [2.75, 3.05) is 24.7 Å². The average Bonchev–Trinajstić information content (AvgIpc) is 2.76. The molecule has 1 aliphatic rings. The summed E-state index contributed by atoms with van der Waals surface area (Å²) >= 11 is 1.72. The molecule has 92 valence electrons. The molecule has 1 saturated heterocycles. The second-order valence-electron chi connectivity index (χ2n) is 4.01. The highest BCUT2D eigenvalue weighted by molar-refractivity contribution is 7.99. The van der Waals surface area contributed by atoms with Gasteiger partial charge in [-0.1, -0.05) is 13.8 Å². The lowest BCUT2D eigenvalue weighted by molar-refractivity contribution is -0.125. The minimum atomic E-state index is -0.0780. The largest absolute Gasteiger partial charge is 0.354 e. The highest BCUT2D eigenvalue weighted by Crippen LogP contribution is 2.08. The molecule has 1 rings (SSSR count). The molecule has 0 aromatic carbocycles. The predicted molar refractivity (Wildman–Crippen MR) is 65.1 cm³/mol. The Morgan fingerprint density at radius 3 is 2.62 bits per heavy atom. The second kappa shape index (κ2) is 6.75. The summed E-state index contributed by atoms with van der Waals surface area (Å²) in [4.78, 5) is 22.7. The summed E-state index contributed by atoms with van der Waals surface area (Å²) in [6.45, 7) is 4.66. The number of carbonyl (C=O) groups excluding carboxylic acids is 2. The molecule has 0 aliphatic carbocycles. The van der Waals surface area contributed by atoms with Gasteiger partial charge in [0.2, 0.25) is 11.8 Å². The van der Waals surface area contributed by atoms with Crippen LogP contribution in [0.5, 0.6) is 0 Å². The topological polar surface area (TPSA) is 70.2 Å². The zero-order valence-electron chi connectivity index (χ0n) is 9.71. The number of carbonyl (C=O) groups is 2. The van der Waals surface area contributed by atoms with Crippen molar-refractivity contribution in [1.82, 2.24) is 16.0 Å². The van der Waals surface area contributed by atoms with Crippen LogP contribution in [0.4, 0.5) is 0 Å². The van der Waals surface area contributed by atoms with E-state index in [1.54, 1.807) is 11.8 Å². The molecular weight excluding hydrogens is 226 g/mol. The van der Waals surface area contributed by atoms with Gasteiger partial charge in [-0.3, -0.25) is 14.9 Å². The van der Waals surface area contributed by atoms with Gasteiger partial charge in [-0.25, -0.2) is 0 Å². The lowest BCUT2D eigenvalue weighted by atomic mass is 10.2. The molecule has 0 saturated carbocycles. The first-order valence-electron chi connectivity index (χ1n) is 5.48. The Morgan fingerprint density at radius 2 is 2.06 bits per heavy atom. The molecule has 0 aromatic rings. The van der Waals surface area contributed by atoms with Crippen molar-refractivity contribution in [1.29, 1.82) is 0 Å². The van der Waals surface area contributed by atoms with Gasteiger partial charge in [-0.05, 0) is 0 Å². The Kier molecular flexibility index (Phi) is 5.62. The van der Waals surface area contributed by atoms with E-state index in [1.165, 1.54) is 0 Å². The summed E-state index contributed by atoms with van der Waals surface area (Å²) in [6.07, 6.45) is 0. The standard InChI is InChI=1S/C10H19N3O2S/c1-7(2)9(14)11-3-4-12-10(15)8-5-16-6-13-8/h7-8,13H,3-6H2,1-2H3,(H,11,14)(H,12,15). The summed E-state index contributed by atoms with van der Waals surface area (Å²) in [5.41, 5.74) is 0. The molecule has 6 heteroatoms. The Morgan fingerprint density at radius 1 is 1.38 bits per heavy atom. The first-order valence-corrected chi connectivity index (χ1v) is 6.63. The lowest BCUT2D eigenvalue weighted by Crippen LogP contribution is -2.44. The van der Waals surface area contributed by atoms with Crippen LogP contribution in [0, 0.1) is 5.92 Å². The zero-order valence-corrected chi connectivity index (χ0v) is 10.5. The van der Waals surface area contributed by atoms with Crippen molar-refractivity contribution in [2.24, 2.45) is 5.92 Å². The summed E-state index contributed by atoms with van der Waals surface area (Å²) in [7, 11) is 0. The smallest absolute Gasteiger partial charge is 0.238 e. The Balaban J connectivity index is 2.06. The third kappa shape index (κ3) is 4.40. The van der Waals surface area contributed by atoms with Crippen LogP contribution in [0.1, 0.15) is 13.8 Å². The molecule has 1 unspecified atom stereocenters. The number of hydrogen-bond donors (Lipinski definition) is 3. The van der Waals surface area contributed by atoms with E-state index in [4.69, 9.17) is 0 Å². The maximum Gasteiger partial charge on any atom is 0.238 e. The van der Waals surface area contributed by atoms with Gasteiger partial charge in [0.25, 0.3) is 0 Å². The van der Waals surface area contributed by atoms with Crippen LogP contribution >= 0.6 is 11.8 Å². The quantitative estimate of drug-likeness (QED) is 0.573. The normalized spacial score (nSPS) is 19.8. The van der Waals surface area contributed by atoms with E-state index in [0.717, 1.165) is 11.6 Å². The van der Waals surface area contributed by atoms with Gasteiger partial charge in [0.05, 0.1) is 6.04 Å². The van der Waals surface area contributed by atoms with E-state index in [9.17, 15) is 9.59 Å². The van der Waals surface area contributed by atoms with Crippen molar-refractivity contribution >= 4 is 23.6 Å². The van der Waals surface area contributed by atoms with Crippen molar-refractivity contribution in [3.05, 3.63) is 0 Å². The van der Waals surface area contributed by atoms with Gasteiger partial charge >= 0.3 is 0 Å². The van der Waals surface area contributed by atoms with E-state index >= 15 is 0 Å². The van der Waals surface area contributed by atoms with Crippen LogP contribution in [-0.4, -0.2) is 42.6 Å². The minimum Gasteiger partial charge on any atom is -0.354 e. The highest BCUT2D eigenvalue weighted by atomic mass is 32.2. The molecule has 0 aromatic heterocycles. The third-order valence-corrected chi connectivity index (χ3v) is 3.22. The van der Waals surface area contributed by atoms with Crippen LogP contribution in [0.15, 0.2) is 0 Å². The predicted octanol–water partition coefficient (Wildman–Crippen LogP) is -0.463. The molecule has 1 atom stereocenters. The first kappa shape index (κ1) is 13.3. The fourth-order valence-electron chi connectivity index (χ4n) is 1.26. The Hall–Kier alpha value is -0.750. The van der Waals surface area contributed by atoms with Gasteiger partial charge in [-0.15, -0.1) is 11.8 Å². The van der Waals surface area contributed by atoms with E-state index in [0.29, 0.717) is 13.1 Å². The van der Waals surface area contributed by atoms with Crippen LogP contribution in [0.3, 0.4) is 0 Å². The molecule has 1 heterocycles. The molecule has 16 heavy (non-hydrogen) atoms. The fourth-order valence-corrected chi connectivity index (χ4v) is 2.20. The molecule has 0 spiro atoms. The molecule has 2 amide bonds. The van der Waals surface area contributed by atoms with Gasteiger partial charge in [0.1, 0.15) is 0 Å². The van der Waals surface area contributed by atoms with E-state index in [2.05, 4.69) is 16.0 Å². The average molecular weight is 245 g/mol. The van der Waals surface area contributed by atoms with Gasteiger partial charge in [-0.2, -0.15) is 0 Å². The number of thioether (sulfide) groups is 1. The highest BCUT2D eigenvalue weighted by Gasteiger charge is 2.21. The summed E-state index contributed by atoms with van der Waals surface area (Å²) in [5.74, 6) is 1.68. The second-order valence-corrected chi connectivity index (χ2v) is 5.04. The van der Waals surface area contributed by atoms with Gasteiger partial charge in [0, 0.05) is 30.6 Å². The van der Waals surface area contributed by atoms with Gasteiger partial charge < -0.3 is 10.6 Å². The van der Waals surface area contributed by atoms with E-state index < -0.39 is 0 Å². The monoisotopic (exact) mass is 245 g/mol. The van der Waals surface area contributed by atoms with Crippen molar-refractivity contribution < 1.29 is 9.59 Å². The number of amides is 2. The number of nitrogens with one attached hydrogen (secondary N) is 3. The number of hydrogen-bond acceptors (Lipinski definition) is 4. The lowest BCUT2D eigenvalue weighted by Gasteiger charge is -2.11. The SMILES string of the molecule is CC(C)C(=O)NCCNC(=O)C1CSCN1. The maximum absolute atomic E-state index is 11.5. The molecule has 1 fully saturated rings. The number of rotatable bonds is 5. The van der Waals surface area contributed by atoms with Gasteiger partial charge in [0.15, 0.2) is 0 Å². The molecule has 0 bridgehead atoms.